The predicted molar refractivity (Wildman–Crippen MR) is 169 cm³/mol. The normalized spacial score (nSPS) is 16.5. The average Bonchev–Trinajstić information content (AvgIpc) is 3.73. The maximum Gasteiger partial charge on any atom is 0.228 e. The Hall–Kier alpha value is -4.81. The molecular weight excluding hydrogens is 572 g/mol. The number of pyridine rings is 1. The molecule has 3 aromatic heterocycles. The van der Waals surface area contributed by atoms with Crippen molar-refractivity contribution < 1.29 is 19.0 Å². The highest BCUT2D eigenvalue weighted by Gasteiger charge is 2.31. The highest BCUT2D eigenvalue weighted by Crippen LogP contribution is 2.39. The number of ether oxygens (including phenoxy) is 3. The van der Waals surface area contributed by atoms with Crippen molar-refractivity contribution in [2.75, 3.05) is 24.4 Å². The number of para-hydroxylation sites is 1. The van der Waals surface area contributed by atoms with Crippen LogP contribution < -0.4 is 15.4 Å². The summed E-state index contributed by atoms with van der Waals surface area (Å²) in [4.78, 5) is 27.3. The number of hydrogen-bond acceptors (Lipinski definition) is 9. The minimum Gasteiger partial charge on any atom is -0.494 e. The van der Waals surface area contributed by atoms with Crippen molar-refractivity contribution in [1.82, 2.24) is 29.3 Å². The third-order valence-electron chi connectivity index (χ3n) is 8.04. The second-order valence-corrected chi connectivity index (χ2v) is 11.4. The lowest BCUT2D eigenvalue weighted by atomic mass is 10.1. The van der Waals surface area contributed by atoms with Crippen molar-refractivity contribution in [3.05, 3.63) is 72.3 Å². The third-order valence-corrected chi connectivity index (χ3v) is 8.04. The molecular formula is C33H36N8O4. The summed E-state index contributed by atoms with van der Waals surface area (Å²) in [6.07, 6.45) is 6.05. The van der Waals surface area contributed by atoms with Crippen molar-refractivity contribution in [3.8, 4) is 17.1 Å². The van der Waals surface area contributed by atoms with Gasteiger partial charge in [-0.1, -0.05) is 36.4 Å². The molecule has 1 saturated carbocycles. The number of hydrogen-bond donors (Lipinski definition) is 2. The SMILES string of the molecule is COc1c(Nc2cc(NC(=O)C3CC3)nc3c2nc(COCc2ccccc2)n3C2CCCCO2)cccc1-c1ncn(C)n1. The molecule has 4 heterocycles. The van der Waals surface area contributed by atoms with Gasteiger partial charge in [0.15, 0.2) is 17.2 Å². The van der Waals surface area contributed by atoms with Crippen molar-refractivity contribution in [3.63, 3.8) is 0 Å². The molecule has 2 fully saturated rings. The summed E-state index contributed by atoms with van der Waals surface area (Å²) in [7, 11) is 3.44. The van der Waals surface area contributed by atoms with E-state index in [2.05, 4.69) is 20.7 Å². The first-order chi connectivity index (χ1) is 22.1. The number of aryl methyl sites for hydroxylation is 1. The molecule has 1 unspecified atom stereocenters. The molecule has 12 heteroatoms. The number of methoxy groups -OCH3 is 1. The van der Waals surface area contributed by atoms with Crippen LogP contribution in [-0.2, 0) is 34.5 Å². The van der Waals surface area contributed by atoms with Gasteiger partial charge in [0, 0.05) is 25.6 Å². The number of fused-ring (bicyclic) bond motifs is 1. The lowest BCUT2D eigenvalue weighted by Gasteiger charge is -2.25. The Labute approximate surface area is 260 Å². The molecule has 0 radical (unpaired) electrons. The van der Waals surface area contributed by atoms with Gasteiger partial charge in [-0.05, 0) is 49.8 Å². The van der Waals surface area contributed by atoms with Gasteiger partial charge in [0.25, 0.3) is 0 Å². The largest absolute Gasteiger partial charge is 0.494 e. The van der Waals surface area contributed by atoms with E-state index >= 15 is 0 Å². The van der Waals surface area contributed by atoms with Gasteiger partial charge in [-0.3, -0.25) is 14.0 Å². The number of carbonyl (C=O) groups excluding carboxylic acids is 1. The fraction of sp³-hybridized carbons (Fsp3) is 0.364. The van der Waals surface area contributed by atoms with Gasteiger partial charge in [-0.25, -0.2) is 15.0 Å². The van der Waals surface area contributed by atoms with Crippen molar-refractivity contribution >= 4 is 34.3 Å². The number of rotatable bonds is 11. The molecule has 232 valence electrons. The molecule has 1 aliphatic carbocycles. The van der Waals surface area contributed by atoms with Gasteiger partial charge >= 0.3 is 0 Å². The molecule has 0 spiro atoms. The van der Waals surface area contributed by atoms with E-state index in [0.717, 1.165) is 43.2 Å². The summed E-state index contributed by atoms with van der Waals surface area (Å²) in [6, 6.07) is 17.6. The van der Waals surface area contributed by atoms with Crippen LogP contribution in [0, 0.1) is 5.92 Å². The number of imidazole rings is 1. The molecule has 1 saturated heterocycles. The van der Waals surface area contributed by atoms with Crippen LogP contribution in [0.5, 0.6) is 5.75 Å². The zero-order valence-corrected chi connectivity index (χ0v) is 25.4. The Morgan fingerprint density at radius 3 is 2.62 bits per heavy atom. The van der Waals surface area contributed by atoms with Crippen LogP contribution in [0.2, 0.25) is 0 Å². The first kappa shape index (κ1) is 28.9. The molecule has 12 nitrogen and oxygen atoms in total. The van der Waals surface area contributed by atoms with E-state index in [0.29, 0.717) is 59.0 Å². The number of amides is 1. The molecule has 45 heavy (non-hydrogen) atoms. The quantitative estimate of drug-likeness (QED) is 0.193. The summed E-state index contributed by atoms with van der Waals surface area (Å²) in [6.45, 7) is 1.37. The maximum absolute atomic E-state index is 12.9. The summed E-state index contributed by atoms with van der Waals surface area (Å²) in [5, 5.41) is 11.0. The monoisotopic (exact) mass is 608 g/mol. The number of carbonyl (C=O) groups is 1. The standard InChI is InChI=1S/C33H36N8O4/c1-40-20-34-31(39-40)23-11-8-12-24(30(23)43-2)35-25-17-26(37-33(42)22-14-15-22)36-32-29(25)38-27(41(32)28-13-6-7-16-45-28)19-44-18-21-9-4-3-5-10-21/h3-5,8-12,17,20,22,28H,6-7,13-16,18-19H2,1-2H3,(H2,35,36,37,42). The van der Waals surface area contributed by atoms with Crippen LogP contribution in [0.1, 0.15) is 49.7 Å². The minimum absolute atomic E-state index is 0.0232. The summed E-state index contributed by atoms with van der Waals surface area (Å²) >= 11 is 0. The van der Waals surface area contributed by atoms with Crippen LogP contribution in [0.15, 0.2) is 60.9 Å². The Bertz CT molecular complexity index is 1810. The van der Waals surface area contributed by atoms with Crippen LogP contribution >= 0.6 is 0 Å². The smallest absolute Gasteiger partial charge is 0.228 e. The summed E-state index contributed by atoms with van der Waals surface area (Å²) < 4.78 is 22.0. The zero-order chi connectivity index (χ0) is 30.8. The molecule has 2 N–H and O–H groups in total. The van der Waals surface area contributed by atoms with E-state index in [1.54, 1.807) is 18.1 Å². The fourth-order valence-electron chi connectivity index (χ4n) is 5.65. The highest BCUT2D eigenvalue weighted by molar-refractivity contribution is 5.97. The molecule has 2 aliphatic rings. The molecule has 1 amide bonds. The van der Waals surface area contributed by atoms with Crippen LogP contribution in [0.3, 0.4) is 0 Å². The van der Waals surface area contributed by atoms with Crippen LogP contribution in [0.4, 0.5) is 17.2 Å². The van der Waals surface area contributed by atoms with E-state index in [1.807, 2.05) is 66.2 Å². The first-order valence-electron chi connectivity index (χ1n) is 15.3. The van der Waals surface area contributed by atoms with Crippen LogP contribution in [-0.4, -0.2) is 48.9 Å². The van der Waals surface area contributed by atoms with Gasteiger partial charge in [0.05, 0.1) is 30.7 Å². The zero-order valence-electron chi connectivity index (χ0n) is 25.4. The lowest BCUT2D eigenvalue weighted by molar-refractivity contribution is -0.117. The average molecular weight is 609 g/mol. The number of benzene rings is 2. The molecule has 7 rings (SSSR count). The van der Waals surface area contributed by atoms with E-state index in [9.17, 15) is 4.79 Å². The maximum atomic E-state index is 12.9. The number of aromatic nitrogens is 6. The van der Waals surface area contributed by atoms with E-state index in [1.165, 1.54) is 0 Å². The highest BCUT2D eigenvalue weighted by atomic mass is 16.5. The Morgan fingerprint density at radius 2 is 1.89 bits per heavy atom. The lowest BCUT2D eigenvalue weighted by Crippen LogP contribution is -2.21. The van der Waals surface area contributed by atoms with Gasteiger partial charge < -0.3 is 24.8 Å². The van der Waals surface area contributed by atoms with E-state index < -0.39 is 0 Å². The van der Waals surface area contributed by atoms with Gasteiger partial charge in [-0.15, -0.1) is 0 Å². The second-order valence-electron chi connectivity index (χ2n) is 11.4. The van der Waals surface area contributed by atoms with Crippen molar-refractivity contribution in [2.24, 2.45) is 13.0 Å². The molecule has 2 aromatic carbocycles. The minimum atomic E-state index is -0.248. The second kappa shape index (κ2) is 12.7. The van der Waals surface area contributed by atoms with Crippen molar-refractivity contribution in [2.45, 2.75) is 51.5 Å². The Balaban J connectivity index is 1.31. The molecule has 1 aliphatic heterocycles. The van der Waals surface area contributed by atoms with Gasteiger partial charge in [-0.2, -0.15) is 5.10 Å². The number of nitrogens with zero attached hydrogens (tertiary/aromatic N) is 6. The van der Waals surface area contributed by atoms with Gasteiger partial charge in [0.1, 0.15) is 36.3 Å². The van der Waals surface area contributed by atoms with Crippen LogP contribution in [0.25, 0.3) is 22.6 Å². The number of anilines is 3. The number of nitrogens with one attached hydrogen (secondary N) is 2. The van der Waals surface area contributed by atoms with Gasteiger partial charge in [0.2, 0.25) is 5.91 Å². The Morgan fingerprint density at radius 1 is 1.02 bits per heavy atom. The van der Waals surface area contributed by atoms with E-state index in [-0.39, 0.29) is 24.7 Å². The van der Waals surface area contributed by atoms with E-state index in [4.69, 9.17) is 24.2 Å². The predicted octanol–water partition coefficient (Wildman–Crippen LogP) is 5.74. The topological polar surface area (TPSA) is 130 Å². The summed E-state index contributed by atoms with van der Waals surface area (Å²) in [5.74, 6) is 2.27. The molecule has 1 atom stereocenters. The Kier molecular flexibility index (Phi) is 8.14. The van der Waals surface area contributed by atoms with Crippen molar-refractivity contribution in [1.29, 1.82) is 0 Å². The molecule has 5 aromatic rings. The third kappa shape index (κ3) is 6.24. The fourth-order valence-corrected chi connectivity index (χ4v) is 5.65. The molecule has 0 bridgehead atoms. The summed E-state index contributed by atoms with van der Waals surface area (Å²) in [5.41, 5.74) is 4.42. The first-order valence-corrected chi connectivity index (χ1v) is 15.3.